The average Bonchev–Trinajstić information content (AvgIpc) is 3.74. The molecule has 0 aromatic heterocycles. The van der Waals surface area contributed by atoms with E-state index in [1.165, 1.54) is 29.2 Å². The highest BCUT2D eigenvalue weighted by atomic mass is 16.4. The van der Waals surface area contributed by atoms with Gasteiger partial charge in [0.2, 0.25) is 47.3 Å². The first-order valence-corrected chi connectivity index (χ1v) is 21.4. The Morgan fingerprint density at radius 1 is 0.750 bits per heavy atom. The molecule has 0 unspecified atom stereocenters. The zero-order valence-electron chi connectivity index (χ0n) is 37.2. The number of phenols is 1. The van der Waals surface area contributed by atoms with Gasteiger partial charge in [0.05, 0.1) is 19.0 Å². The summed E-state index contributed by atoms with van der Waals surface area (Å²) in [5.41, 5.74) is 11.9. The maximum atomic E-state index is 14.0. The number of rotatable bonds is 26. The van der Waals surface area contributed by atoms with E-state index in [-0.39, 0.29) is 37.5 Å². The molecule has 0 bridgehead atoms. The number of hydrogen-bond donors (Lipinski definition) is 11. The van der Waals surface area contributed by atoms with Gasteiger partial charge >= 0.3 is 11.9 Å². The standard InChI is InChI=1S/C42H65N9O13/c1-7-22(5)33(44)39(60)46-26(15-16-32(55)56)41(62)51-17-9-10-29(51)38(59)48-27(18-24-11-13-25(52)14-12-24)37(58)47-28(19-30(43)53)36(57)45-20-31(54)49-34(21(3)4)40(61)50-35(42(63)64)23(6)8-2/h11-14,21-23,26-29,33-35,52H,7-10,15-20,44H2,1-6H3,(H2,43,53)(H,45,57)(H,46,60)(H,47,58)(H,48,59)(H,49,54)(H,50,61)(H,55,56)(H,63,64)/t22-,23-,26-,27-,28-,29-,33-,34-,35-/m0/s1. The molecule has 0 saturated carbocycles. The lowest BCUT2D eigenvalue weighted by atomic mass is 9.97. The minimum Gasteiger partial charge on any atom is -0.508 e. The van der Waals surface area contributed by atoms with Gasteiger partial charge in [-0.05, 0) is 54.7 Å². The Hall–Kier alpha value is -6.32. The molecular formula is C42H65N9O13. The summed E-state index contributed by atoms with van der Waals surface area (Å²) < 4.78 is 0. The Labute approximate surface area is 371 Å². The normalized spacial score (nSPS) is 17.2. The van der Waals surface area contributed by atoms with E-state index in [1.807, 2.05) is 6.92 Å². The van der Waals surface area contributed by atoms with Gasteiger partial charge in [0.25, 0.3) is 0 Å². The SMILES string of the molecule is CC[C@H](C)[C@H](N)C(=O)N[C@@H](CCC(=O)O)C(=O)N1CCC[C@H]1C(=O)N[C@@H](Cc1ccc(O)cc1)C(=O)N[C@@H](CC(N)=O)C(=O)NCC(=O)N[C@H](C(=O)N[C@H](C(=O)O)[C@@H](C)CC)C(C)C. The number of phenolic OH excluding ortho intramolecular Hbond substituents is 1. The van der Waals surface area contributed by atoms with E-state index in [0.717, 1.165) is 0 Å². The Bertz CT molecular complexity index is 1840. The summed E-state index contributed by atoms with van der Waals surface area (Å²) in [6, 6.07) is -3.50. The lowest BCUT2D eigenvalue weighted by Gasteiger charge is -2.31. The van der Waals surface area contributed by atoms with Crippen molar-refractivity contribution in [1.29, 1.82) is 0 Å². The number of likely N-dealkylation sites (tertiary alicyclic amines) is 1. The average molecular weight is 904 g/mol. The number of aliphatic carboxylic acids is 2. The summed E-state index contributed by atoms with van der Waals surface area (Å²) in [5, 5.41) is 43.5. The molecule has 22 nitrogen and oxygen atoms in total. The van der Waals surface area contributed by atoms with Crippen LogP contribution in [0, 0.1) is 17.8 Å². The zero-order valence-corrected chi connectivity index (χ0v) is 37.2. The van der Waals surface area contributed by atoms with Crippen LogP contribution in [-0.4, -0.2) is 135 Å². The van der Waals surface area contributed by atoms with Crippen molar-refractivity contribution in [1.82, 2.24) is 36.8 Å². The lowest BCUT2D eigenvalue weighted by Crippen LogP contribution is -2.59. The number of carboxylic acid groups (broad SMARTS) is 2. The summed E-state index contributed by atoms with van der Waals surface area (Å²) >= 11 is 0. The Morgan fingerprint density at radius 3 is 1.91 bits per heavy atom. The maximum Gasteiger partial charge on any atom is 0.326 e. The molecule has 0 spiro atoms. The fourth-order valence-electron chi connectivity index (χ4n) is 6.81. The quantitative estimate of drug-likeness (QED) is 0.0497. The van der Waals surface area contributed by atoms with Crippen molar-refractivity contribution >= 4 is 59.2 Å². The van der Waals surface area contributed by atoms with Gasteiger partial charge in [-0.1, -0.05) is 66.5 Å². The van der Waals surface area contributed by atoms with Crippen molar-refractivity contribution in [3.63, 3.8) is 0 Å². The van der Waals surface area contributed by atoms with Crippen molar-refractivity contribution in [2.24, 2.45) is 29.2 Å². The van der Waals surface area contributed by atoms with E-state index in [9.17, 15) is 63.3 Å². The lowest BCUT2D eigenvalue weighted by molar-refractivity contribution is -0.144. The third-order valence-electron chi connectivity index (χ3n) is 11.2. The van der Waals surface area contributed by atoms with Gasteiger partial charge in [-0.25, -0.2) is 4.79 Å². The first kappa shape index (κ1) is 53.8. The molecule has 1 heterocycles. The van der Waals surface area contributed by atoms with Crippen LogP contribution in [0.15, 0.2) is 24.3 Å². The second-order valence-corrected chi connectivity index (χ2v) is 16.5. The molecule has 13 N–H and O–H groups in total. The minimum absolute atomic E-state index is 0.0561. The van der Waals surface area contributed by atoms with Crippen LogP contribution in [-0.2, 0) is 54.4 Å². The Kier molecular flexibility index (Phi) is 21.6. The molecule has 356 valence electrons. The monoisotopic (exact) mass is 903 g/mol. The molecule has 1 aliphatic rings. The number of carboxylic acids is 2. The van der Waals surface area contributed by atoms with E-state index >= 15 is 0 Å². The molecule has 22 heteroatoms. The number of nitrogens with two attached hydrogens (primary N) is 2. The van der Waals surface area contributed by atoms with E-state index in [1.54, 1.807) is 34.6 Å². The first-order chi connectivity index (χ1) is 30.0. The van der Waals surface area contributed by atoms with Crippen LogP contribution in [0.5, 0.6) is 5.75 Å². The molecular weight excluding hydrogens is 839 g/mol. The predicted octanol–water partition coefficient (Wildman–Crippen LogP) is -1.63. The van der Waals surface area contributed by atoms with Gasteiger partial charge in [-0.3, -0.25) is 43.2 Å². The number of carbonyl (C=O) groups excluding carboxylic acids is 8. The second-order valence-electron chi connectivity index (χ2n) is 16.5. The first-order valence-electron chi connectivity index (χ1n) is 21.4. The molecule has 1 aromatic rings. The molecule has 1 saturated heterocycles. The van der Waals surface area contributed by atoms with Crippen molar-refractivity contribution in [2.45, 2.75) is 135 Å². The zero-order chi connectivity index (χ0) is 48.4. The Morgan fingerprint density at radius 2 is 1.36 bits per heavy atom. The van der Waals surface area contributed by atoms with Crippen molar-refractivity contribution in [2.75, 3.05) is 13.1 Å². The minimum atomic E-state index is -1.68. The van der Waals surface area contributed by atoms with Gasteiger partial charge in [0, 0.05) is 19.4 Å². The fourth-order valence-corrected chi connectivity index (χ4v) is 6.81. The van der Waals surface area contributed by atoms with Crippen LogP contribution in [0.3, 0.4) is 0 Å². The van der Waals surface area contributed by atoms with Crippen molar-refractivity contribution < 1.29 is 63.3 Å². The van der Waals surface area contributed by atoms with Gasteiger partial charge in [0.15, 0.2) is 0 Å². The topological polar surface area (TPSA) is 359 Å². The molecule has 8 amide bonds. The highest BCUT2D eigenvalue weighted by Crippen LogP contribution is 2.21. The molecule has 9 atom stereocenters. The van der Waals surface area contributed by atoms with Crippen LogP contribution < -0.4 is 43.4 Å². The summed E-state index contributed by atoms with van der Waals surface area (Å²) in [5.74, 6) is -10.7. The van der Waals surface area contributed by atoms with Crippen molar-refractivity contribution in [3.05, 3.63) is 29.8 Å². The fraction of sp³-hybridized carbons (Fsp3) is 0.619. The summed E-state index contributed by atoms with van der Waals surface area (Å²) in [7, 11) is 0. The number of nitrogens with zero attached hydrogens (tertiary/aromatic N) is 1. The number of carbonyl (C=O) groups is 10. The van der Waals surface area contributed by atoms with E-state index in [2.05, 4.69) is 31.9 Å². The summed E-state index contributed by atoms with van der Waals surface area (Å²) in [4.78, 5) is 131. The molecule has 0 aliphatic carbocycles. The van der Waals surface area contributed by atoms with E-state index in [4.69, 9.17) is 11.5 Å². The second kappa shape index (κ2) is 25.7. The molecule has 64 heavy (non-hydrogen) atoms. The number of nitrogens with one attached hydrogen (secondary N) is 6. The van der Waals surface area contributed by atoms with Crippen LogP contribution in [0.25, 0.3) is 0 Å². The molecule has 1 fully saturated rings. The van der Waals surface area contributed by atoms with Gasteiger partial charge in [-0.2, -0.15) is 0 Å². The predicted molar refractivity (Wildman–Crippen MR) is 229 cm³/mol. The number of primary amides is 1. The van der Waals surface area contributed by atoms with Crippen molar-refractivity contribution in [3.8, 4) is 5.75 Å². The maximum absolute atomic E-state index is 14.0. The number of benzene rings is 1. The van der Waals surface area contributed by atoms with Gasteiger partial charge < -0.3 is 63.6 Å². The summed E-state index contributed by atoms with van der Waals surface area (Å²) in [6.07, 6.45) is -0.294. The molecule has 1 aliphatic heterocycles. The van der Waals surface area contributed by atoms with Crippen LogP contribution in [0.4, 0.5) is 0 Å². The van der Waals surface area contributed by atoms with Crippen LogP contribution in [0.2, 0.25) is 0 Å². The number of hydrogen-bond acceptors (Lipinski definition) is 12. The highest BCUT2D eigenvalue weighted by Gasteiger charge is 2.40. The van der Waals surface area contributed by atoms with E-state index in [0.29, 0.717) is 24.8 Å². The van der Waals surface area contributed by atoms with Crippen LogP contribution in [0.1, 0.15) is 92.1 Å². The Balaban J connectivity index is 2.31. The largest absolute Gasteiger partial charge is 0.508 e. The molecule has 0 radical (unpaired) electrons. The molecule has 2 rings (SSSR count). The van der Waals surface area contributed by atoms with Crippen LogP contribution >= 0.6 is 0 Å². The third-order valence-corrected chi connectivity index (χ3v) is 11.2. The smallest absolute Gasteiger partial charge is 0.326 e. The highest BCUT2D eigenvalue weighted by molar-refractivity contribution is 5.98. The van der Waals surface area contributed by atoms with Gasteiger partial charge in [0.1, 0.15) is 42.0 Å². The molecule has 1 aromatic carbocycles. The number of amides is 8. The summed E-state index contributed by atoms with van der Waals surface area (Å²) in [6.45, 7) is 9.51. The van der Waals surface area contributed by atoms with Gasteiger partial charge in [-0.15, -0.1) is 0 Å². The number of aromatic hydroxyl groups is 1. The third kappa shape index (κ3) is 16.8. The van der Waals surface area contributed by atoms with E-state index < -0.39 is 133 Å².